The van der Waals surface area contributed by atoms with Crippen molar-refractivity contribution in [3.05, 3.63) is 48.0 Å². The molecule has 2 atom stereocenters. The fourth-order valence-electron chi connectivity index (χ4n) is 2.56. The molecule has 0 bridgehead atoms. The molecule has 5 heteroatoms. The van der Waals surface area contributed by atoms with Gasteiger partial charge in [-0.1, -0.05) is 30.3 Å². The van der Waals surface area contributed by atoms with Crippen LogP contribution in [-0.2, 0) is 14.3 Å². The summed E-state index contributed by atoms with van der Waals surface area (Å²) in [6, 6.07) is 10.1. The summed E-state index contributed by atoms with van der Waals surface area (Å²) in [5.41, 5.74) is 1.11. The first-order chi connectivity index (χ1) is 9.66. The van der Waals surface area contributed by atoms with Crippen LogP contribution in [0.2, 0.25) is 0 Å². The molecule has 1 saturated heterocycles. The zero-order valence-corrected chi connectivity index (χ0v) is 11.2. The average molecular weight is 272 g/mol. The molecule has 0 radical (unpaired) electrons. The molecule has 0 aliphatic carbocycles. The Kier molecular flexibility index (Phi) is 3.38. The van der Waals surface area contributed by atoms with Crippen molar-refractivity contribution >= 4 is 11.8 Å². The van der Waals surface area contributed by atoms with Crippen molar-refractivity contribution < 1.29 is 14.3 Å². The van der Waals surface area contributed by atoms with E-state index in [4.69, 9.17) is 4.74 Å². The standard InChI is InChI=1S/C15H16N2O3/c1-11-15(12-5-3-2-4-6-12)20-10-16(11)9-17-13(18)7-8-14(17)19/h2-8,11,15H,9-10H2,1H3. The normalized spacial score (nSPS) is 26.8. The van der Waals surface area contributed by atoms with Gasteiger partial charge in [0.25, 0.3) is 11.8 Å². The lowest BCUT2D eigenvalue weighted by atomic mass is 10.0. The predicted molar refractivity (Wildman–Crippen MR) is 72.3 cm³/mol. The van der Waals surface area contributed by atoms with E-state index in [1.165, 1.54) is 17.1 Å². The maximum Gasteiger partial charge on any atom is 0.254 e. The fourth-order valence-corrected chi connectivity index (χ4v) is 2.56. The van der Waals surface area contributed by atoms with Crippen LogP contribution in [0.15, 0.2) is 42.5 Å². The van der Waals surface area contributed by atoms with Crippen LogP contribution in [0.4, 0.5) is 0 Å². The molecule has 0 saturated carbocycles. The first-order valence-corrected chi connectivity index (χ1v) is 6.61. The first-order valence-electron chi connectivity index (χ1n) is 6.61. The molecule has 2 aliphatic rings. The van der Waals surface area contributed by atoms with Crippen molar-refractivity contribution in [2.75, 3.05) is 13.4 Å². The lowest BCUT2D eigenvalue weighted by Gasteiger charge is -2.26. The van der Waals surface area contributed by atoms with Gasteiger partial charge in [-0.3, -0.25) is 19.4 Å². The number of imide groups is 1. The van der Waals surface area contributed by atoms with E-state index in [2.05, 4.69) is 0 Å². The minimum absolute atomic E-state index is 0.0306. The highest BCUT2D eigenvalue weighted by Gasteiger charge is 2.36. The highest BCUT2D eigenvalue weighted by atomic mass is 16.5. The summed E-state index contributed by atoms with van der Waals surface area (Å²) in [5, 5.41) is 0. The smallest absolute Gasteiger partial charge is 0.254 e. The van der Waals surface area contributed by atoms with Crippen LogP contribution in [0.25, 0.3) is 0 Å². The Bertz CT molecular complexity index is 537. The Morgan fingerprint density at radius 2 is 1.80 bits per heavy atom. The quantitative estimate of drug-likeness (QED) is 0.778. The number of ether oxygens (including phenoxy) is 1. The van der Waals surface area contributed by atoms with E-state index in [9.17, 15) is 9.59 Å². The van der Waals surface area contributed by atoms with Crippen LogP contribution < -0.4 is 0 Å². The number of amides is 2. The summed E-state index contributed by atoms with van der Waals surface area (Å²) in [6.07, 6.45) is 2.58. The molecule has 2 amide bonds. The predicted octanol–water partition coefficient (Wildman–Crippen LogP) is 1.29. The Labute approximate surface area is 117 Å². The third-order valence-electron chi connectivity index (χ3n) is 3.79. The zero-order chi connectivity index (χ0) is 14.1. The number of rotatable bonds is 3. The maximum absolute atomic E-state index is 11.6. The SMILES string of the molecule is CC1C(c2ccccc2)OCN1CN1C(=O)C=CC1=O. The lowest BCUT2D eigenvalue weighted by molar-refractivity contribution is -0.139. The minimum atomic E-state index is -0.259. The maximum atomic E-state index is 11.6. The van der Waals surface area contributed by atoms with Gasteiger partial charge in [0.1, 0.15) is 6.73 Å². The molecule has 2 unspecified atom stereocenters. The van der Waals surface area contributed by atoms with Crippen LogP contribution in [0, 0.1) is 0 Å². The van der Waals surface area contributed by atoms with E-state index in [0.717, 1.165) is 5.56 Å². The molecule has 0 spiro atoms. The summed E-state index contributed by atoms with van der Waals surface area (Å²) in [5.74, 6) is -0.518. The van der Waals surface area contributed by atoms with Gasteiger partial charge < -0.3 is 4.74 Å². The molecule has 1 fully saturated rings. The van der Waals surface area contributed by atoms with E-state index in [1.54, 1.807) is 0 Å². The summed E-state index contributed by atoms with van der Waals surface area (Å²) in [7, 11) is 0. The Hall–Kier alpha value is -1.98. The molecule has 0 N–H and O–H groups in total. The molecular weight excluding hydrogens is 256 g/mol. The van der Waals surface area contributed by atoms with Gasteiger partial charge in [0.05, 0.1) is 12.8 Å². The number of benzene rings is 1. The van der Waals surface area contributed by atoms with Gasteiger partial charge in [-0.15, -0.1) is 0 Å². The van der Waals surface area contributed by atoms with Gasteiger partial charge in [0.15, 0.2) is 0 Å². The van der Waals surface area contributed by atoms with Gasteiger partial charge in [-0.05, 0) is 12.5 Å². The number of carbonyl (C=O) groups is 2. The Morgan fingerprint density at radius 3 is 2.45 bits per heavy atom. The fraction of sp³-hybridized carbons (Fsp3) is 0.333. The number of nitrogens with zero attached hydrogens (tertiary/aromatic N) is 2. The van der Waals surface area contributed by atoms with Gasteiger partial charge in [-0.25, -0.2) is 0 Å². The highest BCUT2D eigenvalue weighted by Crippen LogP contribution is 2.30. The van der Waals surface area contributed by atoms with E-state index < -0.39 is 0 Å². The molecule has 1 aromatic rings. The first kappa shape index (κ1) is 13.0. The van der Waals surface area contributed by atoms with Crippen LogP contribution >= 0.6 is 0 Å². The zero-order valence-electron chi connectivity index (χ0n) is 11.2. The van der Waals surface area contributed by atoms with Crippen LogP contribution in [0.5, 0.6) is 0 Å². The summed E-state index contributed by atoms with van der Waals surface area (Å²) >= 11 is 0. The van der Waals surface area contributed by atoms with Gasteiger partial charge in [-0.2, -0.15) is 0 Å². The van der Waals surface area contributed by atoms with Crippen LogP contribution in [-0.4, -0.2) is 41.1 Å². The summed E-state index contributed by atoms with van der Waals surface area (Å²) in [6.45, 7) is 2.73. The molecule has 20 heavy (non-hydrogen) atoms. The molecule has 3 rings (SSSR count). The second-order valence-electron chi connectivity index (χ2n) is 5.04. The minimum Gasteiger partial charge on any atom is -0.356 e. The van der Waals surface area contributed by atoms with E-state index in [-0.39, 0.29) is 30.6 Å². The van der Waals surface area contributed by atoms with Crippen molar-refractivity contribution in [1.29, 1.82) is 0 Å². The van der Waals surface area contributed by atoms with Crippen molar-refractivity contribution in [1.82, 2.24) is 9.80 Å². The largest absolute Gasteiger partial charge is 0.356 e. The number of hydrogen-bond donors (Lipinski definition) is 0. The van der Waals surface area contributed by atoms with E-state index in [1.807, 2.05) is 42.2 Å². The highest BCUT2D eigenvalue weighted by molar-refractivity contribution is 6.12. The topological polar surface area (TPSA) is 49.9 Å². The number of hydrogen-bond acceptors (Lipinski definition) is 4. The third-order valence-corrected chi connectivity index (χ3v) is 3.79. The summed E-state index contributed by atoms with van der Waals surface area (Å²) < 4.78 is 5.80. The Morgan fingerprint density at radius 1 is 1.15 bits per heavy atom. The lowest BCUT2D eigenvalue weighted by Crippen LogP contribution is -2.43. The average Bonchev–Trinajstić information content (AvgIpc) is 2.98. The van der Waals surface area contributed by atoms with E-state index >= 15 is 0 Å². The molecule has 2 aliphatic heterocycles. The molecular formula is C15H16N2O3. The summed E-state index contributed by atoms with van der Waals surface area (Å²) in [4.78, 5) is 26.4. The van der Waals surface area contributed by atoms with Crippen molar-refractivity contribution in [3.8, 4) is 0 Å². The van der Waals surface area contributed by atoms with Crippen molar-refractivity contribution in [3.63, 3.8) is 0 Å². The second kappa shape index (κ2) is 5.19. The molecule has 5 nitrogen and oxygen atoms in total. The van der Waals surface area contributed by atoms with Crippen molar-refractivity contribution in [2.45, 2.75) is 19.1 Å². The van der Waals surface area contributed by atoms with E-state index in [0.29, 0.717) is 6.73 Å². The molecule has 1 aromatic carbocycles. The number of carbonyl (C=O) groups excluding carboxylic acids is 2. The van der Waals surface area contributed by atoms with Crippen molar-refractivity contribution in [2.24, 2.45) is 0 Å². The Balaban J connectivity index is 1.69. The van der Waals surface area contributed by atoms with Gasteiger partial charge in [0, 0.05) is 18.2 Å². The molecule has 2 heterocycles. The van der Waals surface area contributed by atoms with Gasteiger partial charge in [0.2, 0.25) is 0 Å². The molecule has 104 valence electrons. The molecule has 0 aromatic heterocycles. The van der Waals surface area contributed by atoms with Crippen LogP contribution in [0.1, 0.15) is 18.6 Å². The van der Waals surface area contributed by atoms with Crippen LogP contribution in [0.3, 0.4) is 0 Å². The second-order valence-corrected chi connectivity index (χ2v) is 5.04. The van der Waals surface area contributed by atoms with Gasteiger partial charge >= 0.3 is 0 Å². The third kappa shape index (κ3) is 2.26. The monoisotopic (exact) mass is 272 g/mol.